The van der Waals surface area contributed by atoms with Crippen LogP contribution < -0.4 is 4.74 Å². The van der Waals surface area contributed by atoms with E-state index in [4.69, 9.17) is 14.7 Å². The van der Waals surface area contributed by atoms with Gasteiger partial charge < -0.3 is 19.6 Å². The lowest BCUT2D eigenvalue weighted by Gasteiger charge is -2.33. The summed E-state index contributed by atoms with van der Waals surface area (Å²) in [6.07, 6.45) is 2.96. The molecule has 0 aliphatic carbocycles. The molecule has 0 aromatic heterocycles. The molecule has 1 fully saturated rings. The van der Waals surface area contributed by atoms with Crippen LogP contribution in [0.5, 0.6) is 5.75 Å². The Balaban J connectivity index is 1.74. The molecule has 1 aromatic carbocycles. The normalized spacial score (nSPS) is 16.4. The minimum atomic E-state index is -0.454. The van der Waals surface area contributed by atoms with Crippen molar-refractivity contribution in [3.05, 3.63) is 29.8 Å². The highest BCUT2D eigenvalue weighted by Gasteiger charge is 2.27. The van der Waals surface area contributed by atoms with E-state index in [0.29, 0.717) is 25.6 Å². The molecule has 132 valence electrons. The second-order valence-electron chi connectivity index (χ2n) is 7.04. The van der Waals surface area contributed by atoms with Gasteiger partial charge in [0, 0.05) is 13.1 Å². The van der Waals surface area contributed by atoms with E-state index < -0.39 is 5.60 Å². The first-order chi connectivity index (χ1) is 11.4. The van der Waals surface area contributed by atoms with Gasteiger partial charge in [0.25, 0.3) is 0 Å². The van der Waals surface area contributed by atoms with E-state index >= 15 is 0 Å². The fourth-order valence-electron chi connectivity index (χ4n) is 2.54. The van der Waals surface area contributed by atoms with Crippen LogP contribution in [-0.4, -0.2) is 47.7 Å². The first kappa shape index (κ1) is 18.1. The van der Waals surface area contributed by atoms with Gasteiger partial charge in [-0.1, -0.05) is 5.16 Å². The second kappa shape index (κ2) is 8.04. The third-order valence-corrected chi connectivity index (χ3v) is 3.84. The zero-order chi connectivity index (χ0) is 17.6. The first-order valence-electron chi connectivity index (χ1n) is 8.25. The van der Waals surface area contributed by atoms with Crippen molar-refractivity contribution >= 4 is 12.3 Å². The summed E-state index contributed by atoms with van der Waals surface area (Å²) in [4.78, 5) is 13.8. The number of carbonyl (C=O) groups excluding carboxylic acids is 1. The first-order valence-corrected chi connectivity index (χ1v) is 8.25. The van der Waals surface area contributed by atoms with Crippen molar-refractivity contribution in [2.45, 2.75) is 39.2 Å². The van der Waals surface area contributed by atoms with Crippen molar-refractivity contribution in [1.82, 2.24) is 4.90 Å². The van der Waals surface area contributed by atoms with Crippen molar-refractivity contribution in [3.63, 3.8) is 0 Å². The lowest BCUT2D eigenvalue weighted by Crippen LogP contribution is -2.42. The van der Waals surface area contributed by atoms with Gasteiger partial charge in [-0.3, -0.25) is 0 Å². The summed E-state index contributed by atoms with van der Waals surface area (Å²) in [6.45, 7) is 7.68. The number of rotatable bonds is 4. The highest BCUT2D eigenvalue weighted by molar-refractivity contribution is 5.79. The summed E-state index contributed by atoms with van der Waals surface area (Å²) in [5.74, 6) is 1.22. The third-order valence-electron chi connectivity index (χ3n) is 3.84. The van der Waals surface area contributed by atoms with Crippen LogP contribution in [0, 0.1) is 5.92 Å². The number of oxime groups is 1. The van der Waals surface area contributed by atoms with Gasteiger partial charge in [-0.05, 0) is 69.4 Å². The molecule has 0 spiro atoms. The van der Waals surface area contributed by atoms with Gasteiger partial charge in [0.2, 0.25) is 0 Å². The number of amides is 1. The van der Waals surface area contributed by atoms with Crippen molar-refractivity contribution in [3.8, 4) is 5.75 Å². The van der Waals surface area contributed by atoms with E-state index in [1.807, 2.05) is 45.0 Å². The quantitative estimate of drug-likeness (QED) is 0.519. The topological polar surface area (TPSA) is 71.4 Å². The largest absolute Gasteiger partial charge is 0.493 e. The molecule has 0 atom stereocenters. The number of piperidine rings is 1. The maximum atomic E-state index is 12.0. The van der Waals surface area contributed by atoms with Gasteiger partial charge in [-0.15, -0.1) is 0 Å². The molecular weight excluding hydrogens is 308 g/mol. The van der Waals surface area contributed by atoms with Gasteiger partial charge in [0.1, 0.15) is 11.4 Å². The molecule has 1 heterocycles. The molecule has 0 unspecified atom stereocenters. The Bertz CT molecular complexity index is 555. The molecular formula is C18H26N2O4. The van der Waals surface area contributed by atoms with Crippen LogP contribution in [0.3, 0.4) is 0 Å². The summed E-state index contributed by atoms with van der Waals surface area (Å²) >= 11 is 0. The lowest BCUT2D eigenvalue weighted by molar-refractivity contribution is 0.0165. The molecule has 1 aromatic rings. The van der Waals surface area contributed by atoms with Crippen molar-refractivity contribution < 1.29 is 19.5 Å². The summed E-state index contributed by atoms with van der Waals surface area (Å²) < 4.78 is 11.2. The standard InChI is InChI=1S/C18H26N2O4/c1-18(2,3)24-17(21)20-10-8-15(9-11-20)13-23-16-6-4-14(5-7-16)12-19-22/h4-7,12,15,22H,8-11,13H2,1-3H3. The molecule has 1 amide bonds. The summed E-state index contributed by atoms with van der Waals surface area (Å²) in [5, 5.41) is 11.5. The van der Waals surface area contributed by atoms with Crippen LogP contribution >= 0.6 is 0 Å². The van der Waals surface area contributed by atoms with Crippen LogP contribution in [0.15, 0.2) is 29.4 Å². The van der Waals surface area contributed by atoms with E-state index in [2.05, 4.69) is 5.16 Å². The van der Waals surface area contributed by atoms with Crippen LogP contribution in [-0.2, 0) is 4.74 Å². The van der Waals surface area contributed by atoms with Gasteiger partial charge in [-0.25, -0.2) is 4.79 Å². The van der Waals surface area contributed by atoms with Gasteiger partial charge in [0.05, 0.1) is 12.8 Å². The number of nitrogens with zero attached hydrogens (tertiary/aromatic N) is 2. The van der Waals surface area contributed by atoms with Gasteiger partial charge in [0.15, 0.2) is 0 Å². The Morgan fingerprint density at radius 1 is 1.29 bits per heavy atom. The molecule has 6 heteroatoms. The second-order valence-corrected chi connectivity index (χ2v) is 7.04. The van der Waals surface area contributed by atoms with Crippen LogP contribution in [0.1, 0.15) is 39.2 Å². The van der Waals surface area contributed by atoms with Crippen molar-refractivity contribution in [1.29, 1.82) is 0 Å². The Labute approximate surface area is 143 Å². The van der Waals surface area contributed by atoms with E-state index in [1.165, 1.54) is 6.21 Å². The maximum absolute atomic E-state index is 12.0. The molecule has 0 bridgehead atoms. The van der Waals surface area contributed by atoms with Crippen molar-refractivity contribution in [2.75, 3.05) is 19.7 Å². The summed E-state index contributed by atoms with van der Waals surface area (Å²) in [5.41, 5.74) is 0.361. The maximum Gasteiger partial charge on any atom is 0.410 e. The third kappa shape index (κ3) is 5.76. The van der Waals surface area contributed by atoms with Crippen LogP contribution in [0.4, 0.5) is 4.79 Å². The summed E-state index contributed by atoms with van der Waals surface area (Å²) in [6, 6.07) is 7.38. The van der Waals surface area contributed by atoms with Crippen LogP contribution in [0.2, 0.25) is 0 Å². The number of carbonyl (C=O) groups is 1. The SMILES string of the molecule is CC(C)(C)OC(=O)N1CCC(COc2ccc(C=NO)cc2)CC1. The lowest BCUT2D eigenvalue weighted by atomic mass is 9.98. The molecule has 6 nitrogen and oxygen atoms in total. The molecule has 0 radical (unpaired) electrons. The Morgan fingerprint density at radius 3 is 2.46 bits per heavy atom. The van der Waals surface area contributed by atoms with Gasteiger partial charge >= 0.3 is 6.09 Å². The highest BCUT2D eigenvalue weighted by atomic mass is 16.6. The Kier molecular flexibility index (Phi) is 6.06. The molecule has 1 N–H and O–H groups in total. The zero-order valence-corrected chi connectivity index (χ0v) is 14.6. The minimum Gasteiger partial charge on any atom is -0.493 e. The minimum absolute atomic E-state index is 0.233. The molecule has 24 heavy (non-hydrogen) atoms. The zero-order valence-electron chi connectivity index (χ0n) is 14.6. The molecule has 1 saturated heterocycles. The van der Waals surface area contributed by atoms with E-state index in [0.717, 1.165) is 24.2 Å². The average Bonchev–Trinajstić information content (AvgIpc) is 2.53. The number of likely N-dealkylation sites (tertiary alicyclic amines) is 1. The van der Waals surface area contributed by atoms with E-state index in [-0.39, 0.29) is 6.09 Å². The predicted molar refractivity (Wildman–Crippen MR) is 91.8 cm³/mol. The fraction of sp³-hybridized carbons (Fsp3) is 0.556. The summed E-state index contributed by atoms with van der Waals surface area (Å²) in [7, 11) is 0. The number of ether oxygens (including phenoxy) is 2. The molecule has 2 rings (SSSR count). The number of hydrogen-bond acceptors (Lipinski definition) is 5. The average molecular weight is 334 g/mol. The van der Waals surface area contributed by atoms with E-state index in [9.17, 15) is 4.79 Å². The molecule has 1 aliphatic rings. The monoisotopic (exact) mass is 334 g/mol. The number of benzene rings is 1. The Hall–Kier alpha value is -2.24. The van der Waals surface area contributed by atoms with E-state index in [1.54, 1.807) is 4.90 Å². The smallest absolute Gasteiger partial charge is 0.410 e. The van der Waals surface area contributed by atoms with Crippen LogP contribution in [0.25, 0.3) is 0 Å². The van der Waals surface area contributed by atoms with Crippen molar-refractivity contribution in [2.24, 2.45) is 11.1 Å². The molecule has 0 saturated carbocycles. The Morgan fingerprint density at radius 2 is 1.92 bits per heavy atom. The molecule has 1 aliphatic heterocycles. The fourth-order valence-corrected chi connectivity index (χ4v) is 2.54. The highest BCUT2D eigenvalue weighted by Crippen LogP contribution is 2.21. The van der Waals surface area contributed by atoms with Gasteiger partial charge in [-0.2, -0.15) is 0 Å². The number of hydrogen-bond donors (Lipinski definition) is 1. The predicted octanol–water partition coefficient (Wildman–Crippen LogP) is 3.52.